The number of benzene rings is 1. The molecule has 1 unspecified atom stereocenters. The Labute approximate surface area is 112 Å². The molecular weight excluding hydrogens is 253 g/mol. The average molecular weight is 270 g/mol. The molecule has 0 spiro atoms. The number of rotatable bonds is 3. The van der Waals surface area contributed by atoms with Crippen molar-refractivity contribution in [2.75, 3.05) is 6.54 Å². The van der Waals surface area contributed by atoms with Crippen molar-refractivity contribution in [3.63, 3.8) is 0 Å². The van der Waals surface area contributed by atoms with Crippen LogP contribution >= 0.6 is 11.6 Å². The molecule has 1 N–H and O–H groups in total. The second-order valence-electron chi connectivity index (χ2n) is 4.76. The van der Waals surface area contributed by atoms with Gasteiger partial charge in [0.1, 0.15) is 5.82 Å². The number of halogens is 2. The second kappa shape index (κ2) is 6.30. The van der Waals surface area contributed by atoms with E-state index in [2.05, 4.69) is 5.32 Å². The number of hydrogen-bond acceptors (Lipinski definition) is 2. The topological polar surface area (TPSA) is 29.1 Å². The Balaban J connectivity index is 1.99. The molecule has 1 atom stereocenters. The van der Waals surface area contributed by atoms with Crippen molar-refractivity contribution in [1.29, 1.82) is 0 Å². The summed E-state index contributed by atoms with van der Waals surface area (Å²) in [7, 11) is 0. The van der Waals surface area contributed by atoms with Gasteiger partial charge >= 0.3 is 0 Å². The monoisotopic (exact) mass is 269 g/mol. The van der Waals surface area contributed by atoms with E-state index >= 15 is 0 Å². The Hall–Kier alpha value is -0.930. The largest absolute Gasteiger partial charge is 0.314 e. The van der Waals surface area contributed by atoms with Gasteiger partial charge in [0, 0.05) is 18.0 Å². The van der Waals surface area contributed by atoms with Gasteiger partial charge in [-0.25, -0.2) is 4.39 Å². The summed E-state index contributed by atoms with van der Waals surface area (Å²) in [6.07, 6.45) is 5.05. The lowest BCUT2D eigenvalue weighted by Gasteiger charge is -2.14. The van der Waals surface area contributed by atoms with Crippen molar-refractivity contribution in [2.45, 2.75) is 38.1 Å². The summed E-state index contributed by atoms with van der Waals surface area (Å²) in [6, 6.07) is 4.40. The lowest BCUT2D eigenvalue weighted by Crippen LogP contribution is -2.30. The van der Waals surface area contributed by atoms with Gasteiger partial charge in [-0.3, -0.25) is 4.79 Å². The normalized spacial score (nSPS) is 20.4. The summed E-state index contributed by atoms with van der Waals surface area (Å²) in [5.74, 6) is -0.461. The second-order valence-corrected chi connectivity index (χ2v) is 5.16. The molecule has 98 valence electrons. The van der Waals surface area contributed by atoms with Gasteiger partial charge in [0.25, 0.3) is 0 Å². The standard InChI is InChI=1S/C14H17ClFNO/c15-12-8-10(5-6-13(12)16)14(18)9-11-4-2-1-3-7-17-11/h5-6,8,11,17H,1-4,7,9H2. The van der Waals surface area contributed by atoms with Crippen LogP contribution in [0, 0.1) is 5.82 Å². The predicted octanol–water partition coefficient (Wildman–Crippen LogP) is 3.58. The van der Waals surface area contributed by atoms with Crippen LogP contribution < -0.4 is 5.32 Å². The first kappa shape index (κ1) is 13.5. The highest BCUT2D eigenvalue weighted by atomic mass is 35.5. The molecule has 2 rings (SSSR count). The molecular formula is C14H17ClFNO. The van der Waals surface area contributed by atoms with E-state index in [1.54, 1.807) is 0 Å². The zero-order chi connectivity index (χ0) is 13.0. The van der Waals surface area contributed by atoms with Gasteiger partial charge in [-0.1, -0.05) is 24.4 Å². The summed E-state index contributed by atoms with van der Waals surface area (Å²) < 4.78 is 13.0. The Bertz CT molecular complexity index is 428. The summed E-state index contributed by atoms with van der Waals surface area (Å²) in [6.45, 7) is 0.974. The lowest BCUT2D eigenvalue weighted by atomic mass is 10.0. The molecule has 0 saturated carbocycles. The third kappa shape index (κ3) is 3.53. The molecule has 0 amide bonds. The van der Waals surface area contributed by atoms with Crippen LogP contribution in [0.15, 0.2) is 18.2 Å². The minimum absolute atomic E-state index is 0.00896. The van der Waals surface area contributed by atoms with E-state index in [9.17, 15) is 9.18 Å². The van der Waals surface area contributed by atoms with Crippen LogP contribution in [0.2, 0.25) is 5.02 Å². The molecule has 0 radical (unpaired) electrons. The average Bonchev–Trinajstić information content (AvgIpc) is 2.61. The van der Waals surface area contributed by atoms with Crippen LogP contribution in [-0.2, 0) is 0 Å². The Morgan fingerprint density at radius 1 is 1.39 bits per heavy atom. The highest BCUT2D eigenvalue weighted by Crippen LogP contribution is 2.19. The fraction of sp³-hybridized carbons (Fsp3) is 0.500. The van der Waals surface area contributed by atoms with Gasteiger partial charge in [-0.05, 0) is 37.6 Å². The third-order valence-electron chi connectivity index (χ3n) is 3.34. The van der Waals surface area contributed by atoms with E-state index in [1.165, 1.54) is 31.0 Å². The van der Waals surface area contributed by atoms with E-state index in [1.807, 2.05) is 0 Å². The van der Waals surface area contributed by atoms with E-state index in [0.717, 1.165) is 19.4 Å². The van der Waals surface area contributed by atoms with E-state index in [4.69, 9.17) is 11.6 Å². The molecule has 2 nitrogen and oxygen atoms in total. The van der Waals surface area contributed by atoms with Crippen LogP contribution in [0.4, 0.5) is 4.39 Å². The van der Waals surface area contributed by atoms with Gasteiger partial charge in [0.2, 0.25) is 0 Å². The Morgan fingerprint density at radius 2 is 2.22 bits per heavy atom. The van der Waals surface area contributed by atoms with Gasteiger partial charge in [0.05, 0.1) is 5.02 Å². The van der Waals surface area contributed by atoms with Gasteiger partial charge < -0.3 is 5.32 Å². The molecule has 1 aliphatic heterocycles. The molecule has 1 aliphatic rings. The predicted molar refractivity (Wildman–Crippen MR) is 70.6 cm³/mol. The van der Waals surface area contributed by atoms with Crippen LogP contribution in [0.25, 0.3) is 0 Å². The number of ketones is 1. The first-order chi connectivity index (χ1) is 8.66. The molecule has 0 aliphatic carbocycles. The van der Waals surface area contributed by atoms with Crippen LogP contribution in [0.3, 0.4) is 0 Å². The van der Waals surface area contributed by atoms with E-state index in [-0.39, 0.29) is 16.8 Å². The molecule has 4 heteroatoms. The number of carbonyl (C=O) groups excluding carboxylic acids is 1. The van der Waals surface area contributed by atoms with Crippen molar-refractivity contribution >= 4 is 17.4 Å². The molecule has 1 heterocycles. The summed E-state index contributed by atoms with van der Waals surface area (Å²) in [4.78, 5) is 12.1. The quantitative estimate of drug-likeness (QED) is 0.850. The maximum absolute atomic E-state index is 13.0. The van der Waals surface area contributed by atoms with Crippen molar-refractivity contribution < 1.29 is 9.18 Å². The molecule has 0 aromatic heterocycles. The smallest absolute Gasteiger partial charge is 0.164 e. The first-order valence-corrected chi connectivity index (χ1v) is 6.76. The maximum atomic E-state index is 13.0. The molecule has 0 bridgehead atoms. The third-order valence-corrected chi connectivity index (χ3v) is 3.63. The highest BCUT2D eigenvalue weighted by molar-refractivity contribution is 6.31. The van der Waals surface area contributed by atoms with Crippen LogP contribution in [0.1, 0.15) is 42.5 Å². The number of Topliss-reactive ketones (excluding diaryl/α,β-unsaturated/α-hetero) is 1. The lowest BCUT2D eigenvalue weighted by molar-refractivity contribution is 0.0968. The minimum atomic E-state index is -0.485. The van der Waals surface area contributed by atoms with Crippen molar-refractivity contribution in [3.05, 3.63) is 34.6 Å². The van der Waals surface area contributed by atoms with Gasteiger partial charge in [-0.2, -0.15) is 0 Å². The Morgan fingerprint density at radius 3 is 3.00 bits per heavy atom. The van der Waals surface area contributed by atoms with Crippen molar-refractivity contribution in [2.24, 2.45) is 0 Å². The number of nitrogens with one attached hydrogen (secondary N) is 1. The maximum Gasteiger partial charge on any atom is 0.164 e. The van der Waals surface area contributed by atoms with E-state index < -0.39 is 5.82 Å². The van der Waals surface area contributed by atoms with Crippen LogP contribution in [0.5, 0.6) is 0 Å². The summed E-state index contributed by atoms with van der Waals surface area (Å²) in [5.41, 5.74) is 0.493. The van der Waals surface area contributed by atoms with Crippen LogP contribution in [-0.4, -0.2) is 18.4 Å². The summed E-state index contributed by atoms with van der Waals surface area (Å²) in [5, 5.41) is 3.39. The first-order valence-electron chi connectivity index (χ1n) is 6.38. The molecule has 1 fully saturated rings. The highest BCUT2D eigenvalue weighted by Gasteiger charge is 2.17. The van der Waals surface area contributed by atoms with Crippen molar-refractivity contribution in [1.82, 2.24) is 5.32 Å². The molecule has 1 saturated heterocycles. The zero-order valence-corrected chi connectivity index (χ0v) is 11.0. The molecule has 1 aromatic carbocycles. The number of carbonyl (C=O) groups is 1. The minimum Gasteiger partial charge on any atom is -0.314 e. The fourth-order valence-electron chi connectivity index (χ4n) is 2.29. The summed E-state index contributed by atoms with van der Waals surface area (Å²) >= 11 is 5.68. The Kier molecular flexibility index (Phi) is 4.72. The SMILES string of the molecule is O=C(CC1CCCCCN1)c1ccc(F)c(Cl)c1. The fourth-order valence-corrected chi connectivity index (χ4v) is 2.47. The number of hydrogen-bond donors (Lipinski definition) is 1. The van der Waals surface area contributed by atoms with Gasteiger partial charge in [0.15, 0.2) is 5.78 Å². The zero-order valence-electron chi connectivity index (χ0n) is 10.2. The molecule has 1 aromatic rings. The van der Waals surface area contributed by atoms with Gasteiger partial charge in [-0.15, -0.1) is 0 Å². The van der Waals surface area contributed by atoms with E-state index in [0.29, 0.717) is 12.0 Å². The van der Waals surface area contributed by atoms with Crippen molar-refractivity contribution in [3.8, 4) is 0 Å². The molecule has 18 heavy (non-hydrogen) atoms.